The molecular formula is C16H15F3N2O3. The summed E-state index contributed by atoms with van der Waals surface area (Å²) in [5.41, 5.74) is 5.09. The van der Waals surface area contributed by atoms with Crippen LogP contribution in [-0.4, -0.2) is 22.6 Å². The van der Waals surface area contributed by atoms with Crippen LogP contribution in [0.15, 0.2) is 36.5 Å². The van der Waals surface area contributed by atoms with Gasteiger partial charge >= 0.3 is 12.1 Å². The molecule has 24 heavy (non-hydrogen) atoms. The highest BCUT2D eigenvalue weighted by Gasteiger charge is 2.45. The zero-order chi connectivity index (χ0) is 18.1. The zero-order valence-corrected chi connectivity index (χ0v) is 12.9. The Bertz CT molecular complexity index is 781. The van der Waals surface area contributed by atoms with Gasteiger partial charge in [-0.25, -0.2) is 4.79 Å². The molecule has 1 amide bonds. The number of primary amides is 1. The van der Waals surface area contributed by atoms with Crippen molar-refractivity contribution in [2.75, 3.05) is 0 Å². The summed E-state index contributed by atoms with van der Waals surface area (Å²) in [6.07, 6.45) is -5.94. The number of nitrogens with zero attached hydrogens (tertiary/aromatic N) is 1. The molecule has 0 saturated heterocycles. The molecule has 0 unspecified atom stereocenters. The minimum Gasteiger partial charge on any atom is -0.443 e. The second kappa shape index (κ2) is 6.38. The maximum Gasteiger partial charge on any atom is 0.429 e. The second-order valence-electron chi connectivity index (χ2n) is 5.27. The fourth-order valence-electron chi connectivity index (χ4n) is 2.26. The van der Waals surface area contributed by atoms with Gasteiger partial charge in [0, 0.05) is 18.8 Å². The molecule has 2 rings (SSSR count). The molecule has 2 N–H and O–H groups in total. The lowest BCUT2D eigenvalue weighted by Gasteiger charge is -2.22. The Morgan fingerprint density at radius 1 is 1.25 bits per heavy atom. The molecule has 5 nitrogen and oxygen atoms in total. The summed E-state index contributed by atoms with van der Waals surface area (Å²) < 4.78 is 45.9. The average molecular weight is 340 g/mol. The normalized spacial score (nSPS) is 12.7. The number of aryl methyl sites for hydroxylation is 2. The summed E-state index contributed by atoms with van der Waals surface area (Å²) in [5.74, 6) is -1.99. The van der Waals surface area contributed by atoms with E-state index in [1.807, 2.05) is 0 Å². The lowest BCUT2D eigenvalue weighted by molar-refractivity contribution is -0.207. The minimum atomic E-state index is -4.78. The number of hydrogen-bond acceptors (Lipinski definition) is 3. The van der Waals surface area contributed by atoms with Gasteiger partial charge in [-0.1, -0.05) is 24.3 Å². The first-order valence-electron chi connectivity index (χ1n) is 6.90. The molecule has 0 aliphatic heterocycles. The van der Waals surface area contributed by atoms with E-state index >= 15 is 0 Å². The number of aromatic nitrogens is 1. The Morgan fingerprint density at radius 2 is 1.88 bits per heavy atom. The number of nitrogens with two attached hydrogens (primary N) is 1. The number of amides is 1. The van der Waals surface area contributed by atoms with Crippen LogP contribution >= 0.6 is 0 Å². The molecule has 128 valence electrons. The summed E-state index contributed by atoms with van der Waals surface area (Å²) in [6.45, 7) is 1.50. The predicted molar refractivity (Wildman–Crippen MR) is 79.3 cm³/mol. The maximum atomic E-state index is 13.3. The topological polar surface area (TPSA) is 74.3 Å². The van der Waals surface area contributed by atoms with Crippen molar-refractivity contribution in [2.24, 2.45) is 12.8 Å². The number of benzene rings is 1. The number of rotatable bonds is 4. The van der Waals surface area contributed by atoms with E-state index in [1.54, 1.807) is 6.07 Å². The summed E-state index contributed by atoms with van der Waals surface area (Å²) in [4.78, 5) is 23.3. The standard InChI is InChI=1S/C16H15F3N2O3/c1-9-5-3-4-6-11(9)13(16(17,18)19)24-15(23)12-7-10(14(20)22)8-21(12)2/h3-8,13H,1-2H3,(H2,20,22)/t13-/m1/s1. The highest BCUT2D eigenvalue weighted by atomic mass is 19.4. The van der Waals surface area contributed by atoms with E-state index in [0.29, 0.717) is 5.56 Å². The van der Waals surface area contributed by atoms with Crippen molar-refractivity contribution < 1.29 is 27.5 Å². The fraction of sp³-hybridized carbons (Fsp3) is 0.250. The highest BCUT2D eigenvalue weighted by molar-refractivity contribution is 5.96. The van der Waals surface area contributed by atoms with Crippen LogP contribution in [0, 0.1) is 6.92 Å². The van der Waals surface area contributed by atoms with Crippen molar-refractivity contribution in [1.82, 2.24) is 4.57 Å². The van der Waals surface area contributed by atoms with Gasteiger partial charge in [0.05, 0.1) is 5.56 Å². The predicted octanol–water partition coefficient (Wildman–Crippen LogP) is 2.89. The summed E-state index contributed by atoms with van der Waals surface area (Å²) >= 11 is 0. The van der Waals surface area contributed by atoms with Gasteiger partial charge in [-0.2, -0.15) is 13.2 Å². The van der Waals surface area contributed by atoms with Crippen molar-refractivity contribution in [2.45, 2.75) is 19.2 Å². The lowest BCUT2D eigenvalue weighted by atomic mass is 10.0. The van der Waals surface area contributed by atoms with E-state index in [9.17, 15) is 22.8 Å². The van der Waals surface area contributed by atoms with Crippen LogP contribution in [0.3, 0.4) is 0 Å². The van der Waals surface area contributed by atoms with Gasteiger partial charge in [-0.3, -0.25) is 4.79 Å². The van der Waals surface area contributed by atoms with Gasteiger partial charge in [0.2, 0.25) is 12.0 Å². The molecule has 0 bridgehead atoms. The highest BCUT2D eigenvalue weighted by Crippen LogP contribution is 2.37. The first kappa shape index (κ1) is 17.6. The first-order chi connectivity index (χ1) is 11.1. The van der Waals surface area contributed by atoms with Crippen LogP contribution < -0.4 is 5.73 Å². The van der Waals surface area contributed by atoms with Gasteiger partial charge < -0.3 is 15.0 Å². The molecule has 0 spiro atoms. The Hall–Kier alpha value is -2.77. The average Bonchev–Trinajstić information content (AvgIpc) is 2.87. The molecule has 0 saturated carbocycles. The number of carbonyl (C=O) groups excluding carboxylic acids is 2. The molecule has 8 heteroatoms. The smallest absolute Gasteiger partial charge is 0.429 e. The Morgan fingerprint density at radius 3 is 2.38 bits per heavy atom. The Labute approximate surface area is 135 Å². The van der Waals surface area contributed by atoms with Gasteiger partial charge in [0.1, 0.15) is 5.69 Å². The number of ether oxygens (including phenoxy) is 1. The van der Waals surface area contributed by atoms with Crippen molar-refractivity contribution in [3.63, 3.8) is 0 Å². The van der Waals surface area contributed by atoms with Crippen LogP contribution in [0.5, 0.6) is 0 Å². The number of alkyl halides is 3. The molecular weight excluding hydrogens is 325 g/mol. The molecule has 0 radical (unpaired) electrons. The van der Waals surface area contributed by atoms with Crippen molar-refractivity contribution >= 4 is 11.9 Å². The van der Waals surface area contributed by atoms with Crippen LogP contribution in [0.25, 0.3) is 0 Å². The first-order valence-corrected chi connectivity index (χ1v) is 6.90. The van der Waals surface area contributed by atoms with E-state index in [1.165, 1.54) is 42.9 Å². The third-order valence-electron chi connectivity index (χ3n) is 3.49. The number of halogens is 3. The molecule has 1 aromatic carbocycles. The quantitative estimate of drug-likeness (QED) is 0.870. The lowest BCUT2D eigenvalue weighted by Crippen LogP contribution is -2.27. The van der Waals surface area contributed by atoms with Crippen LogP contribution in [0.4, 0.5) is 13.2 Å². The van der Waals surface area contributed by atoms with E-state index in [2.05, 4.69) is 0 Å². The molecule has 0 fully saturated rings. The summed E-state index contributed by atoms with van der Waals surface area (Å²) in [7, 11) is 1.40. The Kier molecular flexibility index (Phi) is 4.68. The minimum absolute atomic E-state index is 0.00361. The third kappa shape index (κ3) is 3.58. The molecule has 1 aromatic heterocycles. The SMILES string of the molecule is Cc1ccccc1[C@@H](OC(=O)c1cc(C(N)=O)cn1C)C(F)(F)F. The van der Waals surface area contributed by atoms with E-state index < -0.39 is 24.2 Å². The summed E-state index contributed by atoms with van der Waals surface area (Å²) in [6, 6.07) is 6.86. The summed E-state index contributed by atoms with van der Waals surface area (Å²) in [5, 5.41) is 0. The molecule has 1 atom stereocenters. The fourth-order valence-corrected chi connectivity index (χ4v) is 2.26. The van der Waals surface area contributed by atoms with Gasteiger partial charge in [0.15, 0.2) is 0 Å². The number of hydrogen-bond donors (Lipinski definition) is 1. The molecule has 2 aromatic rings. The van der Waals surface area contributed by atoms with Crippen LogP contribution in [-0.2, 0) is 11.8 Å². The van der Waals surface area contributed by atoms with E-state index in [4.69, 9.17) is 10.5 Å². The maximum absolute atomic E-state index is 13.3. The zero-order valence-electron chi connectivity index (χ0n) is 12.9. The van der Waals surface area contributed by atoms with Crippen LogP contribution in [0.1, 0.15) is 38.1 Å². The number of esters is 1. The van der Waals surface area contributed by atoms with Gasteiger partial charge in [0.25, 0.3) is 0 Å². The molecule has 0 aliphatic rings. The van der Waals surface area contributed by atoms with Gasteiger partial charge in [-0.05, 0) is 18.6 Å². The Balaban J connectivity index is 2.36. The van der Waals surface area contributed by atoms with E-state index in [-0.39, 0.29) is 16.8 Å². The number of carbonyl (C=O) groups is 2. The second-order valence-corrected chi connectivity index (χ2v) is 5.27. The van der Waals surface area contributed by atoms with Crippen molar-refractivity contribution in [3.8, 4) is 0 Å². The van der Waals surface area contributed by atoms with Crippen molar-refractivity contribution in [3.05, 3.63) is 58.9 Å². The third-order valence-corrected chi connectivity index (χ3v) is 3.49. The van der Waals surface area contributed by atoms with E-state index in [0.717, 1.165) is 6.07 Å². The monoisotopic (exact) mass is 340 g/mol. The molecule has 0 aliphatic carbocycles. The van der Waals surface area contributed by atoms with Gasteiger partial charge in [-0.15, -0.1) is 0 Å². The van der Waals surface area contributed by atoms with Crippen molar-refractivity contribution in [1.29, 1.82) is 0 Å². The van der Waals surface area contributed by atoms with Crippen LogP contribution in [0.2, 0.25) is 0 Å². The largest absolute Gasteiger partial charge is 0.443 e. The molecule has 1 heterocycles.